The van der Waals surface area contributed by atoms with Gasteiger partial charge < -0.3 is 14.4 Å². The first-order valence-electron chi connectivity index (χ1n) is 12.4. The number of rotatable bonds is 4. The normalized spacial score (nSPS) is 40.3. The van der Waals surface area contributed by atoms with Crippen LogP contribution >= 0.6 is 0 Å². The zero-order valence-electron chi connectivity index (χ0n) is 19.3. The number of hydrogen-bond donors (Lipinski definition) is 0. The molecule has 5 aliphatic rings. The second kappa shape index (κ2) is 7.67. The minimum Gasteiger partial charge on any atom is -0.462 e. The first-order valence-corrected chi connectivity index (χ1v) is 12.4. The average Bonchev–Trinajstić information content (AvgIpc) is 3.51. The Bertz CT molecular complexity index is 940. The Balaban J connectivity index is 1.09. The summed E-state index contributed by atoms with van der Waals surface area (Å²) in [7, 11) is 0. The molecule has 8 nitrogen and oxygen atoms in total. The van der Waals surface area contributed by atoms with E-state index in [9.17, 15) is 14.9 Å². The van der Waals surface area contributed by atoms with Crippen LogP contribution in [0.4, 0.5) is 11.4 Å². The van der Waals surface area contributed by atoms with Crippen molar-refractivity contribution in [1.29, 1.82) is 0 Å². The van der Waals surface area contributed by atoms with E-state index in [0.29, 0.717) is 11.8 Å². The Morgan fingerprint density at radius 2 is 1.88 bits per heavy atom. The van der Waals surface area contributed by atoms with Gasteiger partial charge in [-0.15, -0.1) is 0 Å². The van der Waals surface area contributed by atoms with Gasteiger partial charge in [-0.3, -0.25) is 19.8 Å². The molecular weight excluding hydrogens is 422 g/mol. The number of non-ortho nitro benzene ring substituents is 1. The summed E-state index contributed by atoms with van der Waals surface area (Å²) in [5, 5.41) is 10.9. The highest BCUT2D eigenvalue weighted by atomic mass is 16.6. The van der Waals surface area contributed by atoms with Crippen LogP contribution in [-0.2, 0) is 14.3 Å². The molecule has 0 aromatic heterocycles. The Morgan fingerprint density at radius 3 is 2.55 bits per heavy atom. The van der Waals surface area contributed by atoms with Crippen molar-refractivity contribution in [2.75, 3.05) is 44.2 Å². The number of hydrogen-bond acceptors (Lipinski definition) is 7. The number of carbonyl (C=O) groups excluding carboxylic acids is 1. The number of benzene rings is 1. The van der Waals surface area contributed by atoms with Gasteiger partial charge in [-0.2, -0.15) is 0 Å². The van der Waals surface area contributed by atoms with Crippen molar-refractivity contribution in [3.63, 3.8) is 0 Å². The van der Waals surface area contributed by atoms with E-state index in [1.165, 1.54) is 19.3 Å². The number of epoxide rings is 1. The molecule has 1 aromatic rings. The maximum atomic E-state index is 12.9. The third-order valence-electron chi connectivity index (χ3n) is 9.33. The molecule has 5 fully saturated rings. The number of carbonyl (C=O) groups is 1. The SMILES string of the molecule is CC12CCCC3(CO3)C1CC1C(C2)OC(=O)C1CN1CCN(c2ccc([N+](=O)[O-])cc2)CC1. The summed E-state index contributed by atoms with van der Waals surface area (Å²) < 4.78 is 12.0. The van der Waals surface area contributed by atoms with E-state index < -0.39 is 0 Å². The summed E-state index contributed by atoms with van der Waals surface area (Å²) in [6, 6.07) is 6.78. The summed E-state index contributed by atoms with van der Waals surface area (Å²) in [5.74, 6) is 0.817. The van der Waals surface area contributed by atoms with Gasteiger partial charge >= 0.3 is 5.97 Å². The number of anilines is 1. The summed E-state index contributed by atoms with van der Waals surface area (Å²) in [4.78, 5) is 28.1. The fraction of sp³-hybridized carbons (Fsp3) is 0.720. The van der Waals surface area contributed by atoms with Crippen LogP contribution in [0, 0.1) is 33.3 Å². The van der Waals surface area contributed by atoms with Crippen LogP contribution < -0.4 is 4.90 Å². The number of nitro benzene ring substituents is 1. The molecule has 3 aliphatic heterocycles. The van der Waals surface area contributed by atoms with Gasteiger partial charge in [0.2, 0.25) is 0 Å². The van der Waals surface area contributed by atoms with E-state index in [1.807, 2.05) is 12.1 Å². The molecule has 0 radical (unpaired) electrons. The van der Waals surface area contributed by atoms with Crippen molar-refractivity contribution in [2.45, 2.75) is 50.7 Å². The lowest BCUT2D eigenvalue weighted by Crippen LogP contribution is -2.52. The maximum Gasteiger partial charge on any atom is 0.310 e. The lowest BCUT2D eigenvalue weighted by Gasteiger charge is -2.51. The molecule has 6 unspecified atom stereocenters. The van der Waals surface area contributed by atoms with Gasteiger partial charge in [0.25, 0.3) is 5.69 Å². The molecule has 0 N–H and O–H groups in total. The Morgan fingerprint density at radius 1 is 1.15 bits per heavy atom. The lowest BCUT2D eigenvalue weighted by molar-refractivity contribution is -0.384. The van der Waals surface area contributed by atoms with E-state index >= 15 is 0 Å². The van der Waals surface area contributed by atoms with Gasteiger partial charge in [0.15, 0.2) is 0 Å². The molecule has 8 heteroatoms. The smallest absolute Gasteiger partial charge is 0.310 e. The number of fused-ring (bicyclic) bond motifs is 3. The predicted molar refractivity (Wildman–Crippen MR) is 122 cm³/mol. The van der Waals surface area contributed by atoms with Crippen LogP contribution in [0.1, 0.15) is 39.0 Å². The third-order valence-corrected chi connectivity index (χ3v) is 9.33. The van der Waals surface area contributed by atoms with Crippen LogP contribution in [0.5, 0.6) is 0 Å². The molecule has 6 rings (SSSR count). The number of nitro groups is 1. The summed E-state index contributed by atoms with van der Waals surface area (Å²) >= 11 is 0. The van der Waals surface area contributed by atoms with E-state index in [4.69, 9.17) is 9.47 Å². The van der Waals surface area contributed by atoms with Crippen LogP contribution in [0.2, 0.25) is 0 Å². The van der Waals surface area contributed by atoms with E-state index in [-0.39, 0.29) is 39.6 Å². The van der Waals surface area contributed by atoms with Crippen molar-refractivity contribution in [2.24, 2.45) is 23.2 Å². The highest BCUT2D eigenvalue weighted by Gasteiger charge is 2.65. The van der Waals surface area contributed by atoms with Gasteiger partial charge in [0, 0.05) is 56.5 Å². The molecule has 33 heavy (non-hydrogen) atoms. The quantitative estimate of drug-likeness (QED) is 0.298. The molecule has 6 atom stereocenters. The monoisotopic (exact) mass is 455 g/mol. The molecule has 1 aromatic carbocycles. The van der Waals surface area contributed by atoms with Crippen LogP contribution in [-0.4, -0.2) is 66.8 Å². The molecule has 0 amide bonds. The summed E-state index contributed by atoms with van der Waals surface area (Å²) in [6.07, 6.45) is 5.73. The van der Waals surface area contributed by atoms with Gasteiger partial charge in [-0.25, -0.2) is 0 Å². The fourth-order valence-electron chi connectivity index (χ4n) is 7.42. The van der Waals surface area contributed by atoms with E-state index in [1.54, 1.807) is 12.1 Å². The number of nitrogens with zero attached hydrogens (tertiary/aromatic N) is 3. The van der Waals surface area contributed by atoms with Crippen molar-refractivity contribution in [3.8, 4) is 0 Å². The topological polar surface area (TPSA) is 88.5 Å². The van der Waals surface area contributed by atoms with Crippen LogP contribution in [0.25, 0.3) is 0 Å². The molecule has 2 aliphatic carbocycles. The lowest BCUT2D eigenvalue weighted by atomic mass is 9.53. The Labute approximate surface area is 194 Å². The maximum absolute atomic E-state index is 12.9. The number of esters is 1. The van der Waals surface area contributed by atoms with Gasteiger partial charge in [-0.05, 0) is 55.6 Å². The molecule has 3 saturated heterocycles. The van der Waals surface area contributed by atoms with Gasteiger partial charge in [0.1, 0.15) is 6.10 Å². The zero-order chi connectivity index (χ0) is 22.8. The first-order chi connectivity index (χ1) is 15.9. The van der Waals surface area contributed by atoms with E-state index in [2.05, 4.69) is 16.7 Å². The standard InChI is InChI=1S/C25H33N3O5/c1-24-7-2-8-25(16-32-25)22(24)13-19-20(23(29)33-21(19)14-24)15-26-9-11-27(12-10-26)17-3-5-18(6-4-17)28(30)31/h3-6,19-22H,2,7-16H2,1H3. The largest absolute Gasteiger partial charge is 0.462 e. The predicted octanol–water partition coefficient (Wildman–Crippen LogP) is 3.24. The Kier molecular flexibility index (Phi) is 4.96. The summed E-state index contributed by atoms with van der Waals surface area (Å²) in [5.41, 5.74) is 1.46. The minimum absolute atomic E-state index is 0.00388. The van der Waals surface area contributed by atoms with Crippen molar-refractivity contribution >= 4 is 17.3 Å². The molecule has 1 spiro atoms. The van der Waals surface area contributed by atoms with E-state index in [0.717, 1.165) is 57.9 Å². The van der Waals surface area contributed by atoms with Crippen molar-refractivity contribution in [3.05, 3.63) is 34.4 Å². The molecule has 2 saturated carbocycles. The fourth-order valence-corrected chi connectivity index (χ4v) is 7.42. The van der Waals surface area contributed by atoms with Gasteiger partial charge in [-0.1, -0.05) is 6.92 Å². The second-order valence-electron chi connectivity index (χ2n) is 11.2. The molecule has 0 bridgehead atoms. The number of piperazine rings is 1. The summed E-state index contributed by atoms with van der Waals surface area (Å²) in [6.45, 7) is 7.53. The van der Waals surface area contributed by atoms with Crippen molar-refractivity contribution in [1.82, 2.24) is 4.90 Å². The number of ether oxygens (including phenoxy) is 2. The molecule has 3 heterocycles. The zero-order valence-corrected chi connectivity index (χ0v) is 19.3. The Hall–Kier alpha value is -2.19. The first kappa shape index (κ1) is 21.4. The molecular formula is C25H33N3O5. The third kappa shape index (κ3) is 3.62. The molecule has 178 valence electrons. The second-order valence-corrected chi connectivity index (χ2v) is 11.2. The van der Waals surface area contributed by atoms with Crippen molar-refractivity contribution < 1.29 is 19.2 Å². The average molecular weight is 456 g/mol. The van der Waals surface area contributed by atoms with Gasteiger partial charge in [0.05, 0.1) is 23.0 Å². The minimum atomic E-state index is -0.367. The highest BCUT2D eigenvalue weighted by molar-refractivity contribution is 5.75. The highest BCUT2D eigenvalue weighted by Crippen LogP contribution is 2.62. The van der Waals surface area contributed by atoms with Crippen LogP contribution in [0.3, 0.4) is 0 Å². The van der Waals surface area contributed by atoms with Crippen LogP contribution in [0.15, 0.2) is 24.3 Å².